The van der Waals surface area contributed by atoms with E-state index in [1.54, 1.807) is 7.11 Å². The lowest BCUT2D eigenvalue weighted by molar-refractivity contribution is 0.0593. The number of carbonyl (C=O) groups is 1. The smallest absolute Gasteiger partial charge is 0.264 e. The molecule has 0 N–H and O–H groups in total. The number of methoxy groups -OCH3 is 1. The number of carbonyl (C=O) groups excluding carboxylic acids is 1. The van der Waals surface area contributed by atoms with Gasteiger partial charge in [-0.25, -0.2) is 0 Å². The first-order valence-corrected chi connectivity index (χ1v) is 7.37. The van der Waals surface area contributed by atoms with E-state index in [2.05, 4.69) is 13.8 Å². The SMILES string of the molecule is CCC(CC)N(CCOC)C(=O)c1sccc1C. The molecular weight excluding hydrogens is 246 g/mol. The van der Waals surface area contributed by atoms with E-state index in [0.717, 1.165) is 23.3 Å². The van der Waals surface area contributed by atoms with Crippen LogP contribution in [-0.2, 0) is 4.74 Å². The van der Waals surface area contributed by atoms with Crippen molar-refractivity contribution in [2.24, 2.45) is 0 Å². The van der Waals surface area contributed by atoms with Crippen molar-refractivity contribution in [3.05, 3.63) is 21.9 Å². The van der Waals surface area contributed by atoms with Crippen LogP contribution in [0.4, 0.5) is 0 Å². The van der Waals surface area contributed by atoms with Gasteiger partial charge in [0.2, 0.25) is 0 Å². The van der Waals surface area contributed by atoms with Crippen LogP contribution in [0.1, 0.15) is 41.9 Å². The zero-order valence-corrected chi connectivity index (χ0v) is 12.5. The topological polar surface area (TPSA) is 29.5 Å². The fourth-order valence-electron chi connectivity index (χ4n) is 2.09. The first-order chi connectivity index (χ1) is 8.65. The van der Waals surface area contributed by atoms with E-state index < -0.39 is 0 Å². The molecule has 0 atom stereocenters. The molecule has 1 rings (SSSR count). The molecule has 1 heterocycles. The average molecular weight is 269 g/mol. The van der Waals surface area contributed by atoms with E-state index in [4.69, 9.17) is 4.74 Å². The van der Waals surface area contributed by atoms with Crippen molar-refractivity contribution in [2.75, 3.05) is 20.3 Å². The predicted octanol–water partition coefficient (Wildman–Crippen LogP) is 3.33. The molecular formula is C14H23NO2S. The van der Waals surface area contributed by atoms with Gasteiger partial charge in [0.1, 0.15) is 0 Å². The van der Waals surface area contributed by atoms with E-state index >= 15 is 0 Å². The number of hydrogen-bond acceptors (Lipinski definition) is 3. The van der Waals surface area contributed by atoms with Crippen LogP contribution in [0, 0.1) is 6.92 Å². The number of rotatable bonds is 7. The number of aryl methyl sites for hydroxylation is 1. The van der Waals surface area contributed by atoms with Gasteiger partial charge >= 0.3 is 0 Å². The summed E-state index contributed by atoms with van der Waals surface area (Å²) in [4.78, 5) is 15.4. The van der Waals surface area contributed by atoms with E-state index in [9.17, 15) is 4.79 Å². The van der Waals surface area contributed by atoms with E-state index in [0.29, 0.717) is 19.2 Å². The molecule has 0 aromatic carbocycles. The summed E-state index contributed by atoms with van der Waals surface area (Å²) < 4.78 is 5.12. The van der Waals surface area contributed by atoms with Crippen LogP contribution in [0.5, 0.6) is 0 Å². The van der Waals surface area contributed by atoms with Crippen LogP contribution in [0.15, 0.2) is 11.4 Å². The lowest BCUT2D eigenvalue weighted by Crippen LogP contribution is -2.41. The summed E-state index contributed by atoms with van der Waals surface area (Å²) >= 11 is 1.53. The minimum Gasteiger partial charge on any atom is -0.383 e. The first kappa shape index (κ1) is 15.2. The Labute approximate surface area is 114 Å². The van der Waals surface area contributed by atoms with Crippen LogP contribution in [0.2, 0.25) is 0 Å². The summed E-state index contributed by atoms with van der Waals surface area (Å²) in [6, 6.07) is 2.30. The summed E-state index contributed by atoms with van der Waals surface area (Å²) in [6.07, 6.45) is 1.97. The van der Waals surface area contributed by atoms with Gasteiger partial charge in [0.15, 0.2) is 0 Å². The van der Waals surface area contributed by atoms with E-state index in [-0.39, 0.29) is 5.91 Å². The molecule has 0 aliphatic heterocycles. The Balaban J connectivity index is 2.88. The Morgan fingerprint density at radius 1 is 1.44 bits per heavy atom. The van der Waals surface area contributed by atoms with Crippen molar-refractivity contribution in [1.29, 1.82) is 0 Å². The maximum Gasteiger partial charge on any atom is 0.264 e. The second-order valence-electron chi connectivity index (χ2n) is 4.39. The molecule has 0 radical (unpaired) electrons. The van der Waals surface area contributed by atoms with E-state index in [1.807, 2.05) is 23.3 Å². The lowest BCUT2D eigenvalue weighted by atomic mass is 10.1. The van der Waals surface area contributed by atoms with E-state index in [1.165, 1.54) is 11.3 Å². The highest BCUT2D eigenvalue weighted by atomic mass is 32.1. The summed E-state index contributed by atoms with van der Waals surface area (Å²) in [5.41, 5.74) is 1.07. The lowest BCUT2D eigenvalue weighted by Gasteiger charge is -2.30. The fourth-order valence-corrected chi connectivity index (χ4v) is 2.97. The van der Waals surface area contributed by atoms with Crippen LogP contribution >= 0.6 is 11.3 Å². The van der Waals surface area contributed by atoms with Gasteiger partial charge in [0.05, 0.1) is 11.5 Å². The van der Waals surface area contributed by atoms with Gasteiger partial charge in [-0.3, -0.25) is 4.79 Å². The average Bonchev–Trinajstić information content (AvgIpc) is 2.80. The summed E-state index contributed by atoms with van der Waals surface area (Å²) in [5.74, 6) is 0.147. The highest BCUT2D eigenvalue weighted by Gasteiger charge is 2.23. The molecule has 0 aliphatic carbocycles. The Bertz CT molecular complexity index is 372. The monoisotopic (exact) mass is 269 g/mol. The minimum absolute atomic E-state index is 0.147. The quantitative estimate of drug-likeness (QED) is 0.760. The van der Waals surface area contributed by atoms with Gasteiger partial charge in [0.25, 0.3) is 5.91 Å². The third kappa shape index (κ3) is 3.56. The van der Waals surface area contributed by atoms with Crippen LogP contribution in [0.3, 0.4) is 0 Å². The van der Waals surface area contributed by atoms with Gasteiger partial charge in [-0.15, -0.1) is 11.3 Å². The number of thiophene rings is 1. The highest BCUT2D eigenvalue weighted by molar-refractivity contribution is 7.12. The molecule has 102 valence electrons. The zero-order chi connectivity index (χ0) is 13.5. The van der Waals surface area contributed by atoms with Gasteiger partial charge in [-0.2, -0.15) is 0 Å². The third-order valence-electron chi connectivity index (χ3n) is 3.24. The van der Waals surface area contributed by atoms with Crippen molar-refractivity contribution >= 4 is 17.2 Å². The summed E-state index contributed by atoms with van der Waals surface area (Å²) in [5, 5.41) is 1.98. The van der Waals surface area contributed by atoms with Crippen LogP contribution in [0.25, 0.3) is 0 Å². The van der Waals surface area contributed by atoms with Crippen molar-refractivity contribution in [2.45, 2.75) is 39.7 Å². The molecule has 0 saturated carbocycles. The molecule has 1 amide bonds. The van der Waals surface area contributed by atoms with Gasteiger partial charge in [0, 0.05) is 19.7 Å². The standard InChI is InChI=1S/C14H23NO2S/c1-5-12(6-2)15(8-9-17-4)14(16)13-11(3)7-10-18-13/h7,10,12H,5-6,8-9H2,1-4H3. The number of hydrogen-bond donors (Lipinski definition) is 0. The first-order valence-electron chi connectivity index (χ1n) is 6.49. The van der Waals surface area contributed by atoms with Gasteiger partial charge < -0.3 is 9.64 Å². The maximum absolute atomic E-state index is 12.6. The van der Waals surface area contributed by atoms with Crippen molar-refractivity contribution in [1.82, 2.24) is 4.90 Å². The Morgan fingerprint density at radius 3 is 2.56 bits per heavy atom. The molecule has 1 aromatic heterocycles. The van der Waals surface area contributed by atoms with Crippen molar-refractivity contribution < 1.29 is 9.53 Å². The number of ether oxygens (including phenoxy) is 1. The fraction of sp³-hybridized carbons (Fsp3) is 0.643. The minimum atomic E-state index is 0.147. The van der Waals surface area contributed by atoms with Crippen molar-refractivity contribution in [3.63, 3.8) is 0 Å². The molecule has 0 aliphatic rings. The third-order valence-corrected chi connectivity index (χ3v) is 4.24. The van der Waals surface area contributed by atoms with Crippen molar-refractivity contribution in [3.8, 4) is 0 Å². The van der Waals surface area contributed by atoms with Crippen LogP contribution in [-0.4, -0.2) is 37.1 Å². The molecule has 0 saturated heterocycles. The Hall–Kier alpha value is -0.870. The molecule has 1 aromatic rings. The number of nitrogens with zero attached hydrogens (tertiary/aromatic N) is 1. The van der Waals surface area contributed by atoms with Gasteiger partial charge in [-0.1, -0.05) is 13.8 Å². The summed E-state index contributed by atoms with van der Waals surface area (Å²) in [6.45, 7) is 7.50. The number of amides is 1. The van der Waals surface area contributed by atoms with Gasteiger partial charge in [-0.05, 0) is 36.8 Å². The molecule has 18 heavy (non-hydrogen) atoms. The molecule has 0 unspecified atom stereocenters. The molecule has 0 bridgehead atoms. The Kier molecular flexibility index (Phi) is 6.36. The molecule has 0 spiro atoms. The maximum atomic E-state index is 12.6. The molecule has 3 nitrogen and oxygen atoms in total. The highest BCUT2D eigenvalue weighted by Crippen LogP contribution is 2.20. The zero-order valence-electron chi connectivity index (χ0n) is 11.7. The predicted molar refractivity (Wildman–Crippen MR) is 76.3 cm³/mol. The summed E-state index contributed by atoms with van der Waals surface area (Å²) in [7, 11) is 1.67. The second-order valence-corrected chi connectivity index (χ2v) is 5.31. The Morgan fingerprint density at radius 2 is 2.11 bits per heavy atom. The molecule has 0 fully saturated rings. The largest absolute Gasteiger partial charge is 0.383 e. The normalized spacial score (nSPS) is 10.9. The van der Waals surface area contributed by atoms with Crippen LogP contribution < -0.4 is 0 Å². The second kappa shape index (κ2) is 7.54. The molecule has 4 heteroatoms.